The van der Waals surface area contributed by atoms with E-state index >= 15 is 0 Å². The molecule has 2 unspecified atom stereocenters. The van der Waals surface area contributed by atoms with Gasteiger partial charge in [-0.3, -0.25) is 4.79 Å². The zero-order chi connectivity index (χ0) is 15.2. The van der Waals surface area contributed by atoms with Crippen LogP contribution in [0.1, 0.15) is 55.5 Å². The second-order valence-corrected chi connectivity index (χ2v) is 6.45. The number of hydrogen-bond donors (Lipinski definition) is 3. The molecular weight excluding hydrogens is 288 g/mol. The lowest BCUT2D eigenvalue weighted by molar-refractivity contribution is -0.137. The Hall–Kier alpha value is -1.56. The number of rotatable bonds is 6. The van der Waals surface area contributed by atoms with Crippen molar-refractivity contribution >= 4 is 23.3 Å². The van der Waals surface area contributed by atoms with E-state index in [0.29, 0.717) is 6.42 Å². The van der Waals surface area contributed by atoms with Crippen LogP contribution in [0.15, 0.2) is 11.4 Å². The summed E-state index contributed by atoms with van der Waals surface area (Å²) in [6.45, 7) is 1.98. The minimum atomic E-state index is -0.883. The lowest BCUT2D eigenvalue weighted by Crippen LogP contribution is -2.44. The number of nitrogens with one attached hydrogen (secondary N) is 2. The van der Waals surface area contributed by atoms with Gasteiger partial charge in [-0.2, -0.15) is 0 Å². The average Bonchev–Trinajstić information content (AvgIpc) is 2.87. The number of aliphatic carboxylic acids is 1. The minimum Gasteiger partial charge on any atom is -0.481 e. The molecule has 1 aliphatic rings. The Morgan fingerprint density at radius 2 is 2.33 bits per heavy atom. The summed E-state index contributed by atoms with van der Waals surface area (Å²) < 4.78 is 0. The van der Waals surface area contributed by atoms with Crippen LogP contribution < -0.4 is 10.6 Å². The predicted octanol–water partition coefficient (Wildman–Crippen LogP) is 3.07. The Bertz CT molecular complexity index is 501. The topological polar surface area (TPSA) is 78.4 Å². The van der Waals surface area contributed by atoms with Crippen molar-refractivity contribution in [1.82, 2.24) is 10.6 Å². The summed E-state index contributed by atoms with van der Waals surface area (Å²) >= 11 is 1.74. The molecule has 1 aliphatic carbocycles. The van der Waals surface area contributed by atoms with Crippen molar-refractivity contribution in [2.75, 3.05) is 0 Å². The number of amides is 2. The molecule has 0 bridgehead atoms. The summed E-state index contributed by atoms with van der Waals surface area (Å²) in [5.74, 6) is -0.883. The van der Waals surface area contributed by atoms with E-state index < -0.39 is 5.97 Å². The molecule has 2 amide bonds. The summed E-state index contributed by atoms with van der Waals surface area (Å²) in [6, 6.07) is 1.55. The van der Waals surface area contributed by atoms with Gasteiger partial charge in [0.2, 0.25) is 0 Å². The first-order valence-electron chi connectivity index (χ1n) is 7.45. The van der Waals surface area contributed by atoms with Crippen LogP contribution in [0.2, 0.25) is 0 Å². The second-order valence-electron chi connectivity index (χ2n) is 5.45. The maximum Gasteiger partial charge on any atom is 0.315 e. The highest BCUT2D eigenvalue weighted by Crippen LogP contribution is 2.33. The van der Waals surface area contributed by atoms with Gasteiger partial charge in [0, 0.05) is 10.9 Å². The molecule has 0 spiro atoms. The van der Waals surface area contributed by atoms with E-state index in [4.69, 9.17) is 5.11 Å². The standard InChI is InChI=1S/C15H22N2O3S/c1-2-4-10(9-14(18)19)16-15(20)17-12-5-3-6-13-11(12)7-8-21-13/h7-8,10,12H,2-6,9H2,1H3,(H,18,19)(H2,16,17,20). The van der Waals surface area contributed by atoms with Gasteiger partial charge in [-0.05, 0) is 42.7 Å². The lowest BCUT2D eigenvalue weighted by Gasteiger charge is -2.25. The van der Waals surface area contributed by atoms with Gasteiger partial charge in [0.15, 0.2) is 0 Å². The minimum absolute atomic E-state index is 0.0321. The quantitative estimate of drug-likeness (QED) is 0.755. The molecule has 6 heteroatoms. The fourth-order valence-corrected chi connectivity index (χ4v) is 3.79. The van der Waals surface area contributed by atoms with Crippen molar-refractivity contribution in [3.05, 3.63) is 21.9 Å². The molecule has 3 N–H and O–H groups in total. The van der Waals surface area contributed by atoms with E-state index in [0.717, 1.165) is 25.7 Å². The molecule has 21 heavy (non-hydrogen) atoms. The molecule has 0 aliphatic heterocycles. The molecule has 116 valence electrons. The van der Waals surface area contributed by atoms with Gasteiger partial charge < -0.3 is 15.7 Å². The monoisotopic (exact) mass is 310 g/mol. The third kappa shape index (κ3) is 4.46. The summed E-state index contributed by atoms with van der Waals surface area (Å²) in [6.07, 6.45) is 4.59. The van der Waals surface area contributed by atoms with Gasteiger partial charge in [-0.25, -0.2) is 4.79 Å². The zero-order valence-corrected chi connectivity index (χ0v) is 13.0. The first kappa shape index (κ1) is 15.8. The van der Waals surface area contributed by atoms with Crippen molar-refractivity contribution in [3.63, 3.8) is 0 Å². The number of urea groups is 1. The first-order valence-corrected chi connectivity index (χ1v) is 8.33. The Balaban J connectivity index is 1.91. The highest BCUT2D eigenvalue weighted by Gasteiger charge is 2.23. The third-order valence-electron chi connectivity index (χ3n) is 3.75. The normalized spacial score (nSPS) is 18.6. The molecule has 1 aromatic rings. The number of carbonyl (C=O) groups is 2. The number of aryl methyl sites for hydroxylation is 1. The van der Waals surface area contributed by atoms with Crippen molar-refractivity contribution < 1.29 is 14.7 Å². The van der Waals surface area contributed by atoms with Crippen LogP contribution in [-0.4, -0.2) is 23.1 Å². The van der Waals surface area contributed by atoms with Crippen LogP contribution in [0.25, 0.3) is 0 Å². The molecule has 0 saturated carbocycles. The third-order valence-corrected chi connectivity index (χ3v) is 4.75. The molecule has 2 rings (SSSR count). The summed E-state index contributed by atoms with van der Waals surface area (Å²) in [5, 5.41) is 16.7. The van der Waals surface area contributed by atoms with E-state index in [1.165, 1.54) is 10.4 Å². The van der Waals surface area contributed by atoms with Gasteiger partial charge in [-0.1, -0.05) is 13.3 Å². The molecule has 1 heterocycles. The Morgan fingerprint density at radius 3 is 3.05 bits per heavy atom. The van der Waals surface area contributed by atoms with Crippen LogP contribution in [0.3, 0.4) is 0 Å². The summed E-state index contributed by atoms with van der Waals surface area (Å²) in [4.78, 5) is 24.3. The van der Waals surface area contributed by atoms with Crippen LogP contribution in [0, 0.1) is 0 Å². The number of carboxylic acid groups (broad SMARTS) is 1. The summed E-state index contributed by atoms with van der Waals surface area (Å²) in [7, 11) is 0. The SMILES string of the molecule is CCCC(CC(=O)O)NC(=O)NC1CCCc2sccc21. The van der Waals surface area contributed by atoms with Gasteiger partial charge in [0.1, 0.15) is 0 Å². The molecule has 0 aromatic carbocycles. The van der Waals surface area contributed by atoms with Crippen molar-refractivity contribution in [2.45, 2.75) is 57.5 Å². The molecular formula is C15H22N2O3S. The van der Waals surface area contributed by atoms with Gasteiger partial charge in [-0.15, -0.1) is 11.3 Å². The highest BCUT2D eigenvalue weighted by molar-refractivity contribution is 7.10. The molecule has 2 atom stereocenters. The van der Waals surface area contributed by atoms with Crippen molar-refractivity contribution in [2.24, 2.45) is 0 Å². The summed E-state index contributed by atoms with van der Waals surface area (Å²) in [5.41, 5.74) is 1.21. The smallest absolute Gasteiger partial charge is 0.315 e. The molecule has 1 aromatic heterocycles. The average molecular weight is 310 g/mol. The molecule has 0 saturated heterocycles. The maximum atomic E-state index is 12.1. The van der Waals surface area contributed by atoms with Gasteiger partial charge in [0.25, 0.3) is 0 Å². The fraction of sp³-hybridized carbons (Fsp3) is 0.600. The molecule has 0 radical (unpaired) electrons. The zero-order valence-electron chi connectivity index (χ0n) is 12.2. The lowest BCUT2D eigenvalue weighted by atomic mass is 9.94. The van der Waals surface area contributed by atoms with E-state index in [-0.39, 0.29) is 24.5 Å². The maximum absolute atomic E-state index is 12.1. The molecule has 0 fully saturated rings. The number of carboxylic acids is 1. The number of fused-ring (bicyclic) bond motifs is 1. The number of carbonyl (C=O) groups excluding carboxylic acids is 1. The predicted molar refractivity (Wildman–Crippen MR) is 82.6 cm³/mol. The fourth-order valence-electron chi connectivity index (χ4n) is 2.81. The van der Waals surface area contributed by atoms with Gasteiger partial charge in [0.05, 0.1) is 12.5 Å². The van der Waals surface area contributed by atoms with E-state index in [1.54, 1.807) is 11.3 Å². The Kier molecular flexibility index (Phi) is 5.61. The first-order chi connectivity index (χ1) is 10.1. The van der Waals surface area contributed by atoms with Crippen molar-refractivity contribution in [3.8, 4) is 0 Å². The van der Waals surface area contributed by atoms with Crippen LogP contribution >= 0.6 is 11.3 Å². The van der Waals surface area contributed by atoms with Gasteiger partial charge >= 0.3 is 12.0 Å². The Morgan fingerprint density at radius 1 is 1.52 bits per heavy atom. The van der Waals surface area contributed by atoms with E-state index in [1.807, 2.05) is 6.92 Å². The van der Waals surface area contributed by atoms with Crippen LogP contribution in [0.4, 0.5) is 4.79 Å². The highest BCUT2D eigenvalue weighted by atomic mass is 32.1. The van der Waals surface area contributed by atoms with E-state index in [9.17, 15) is 9.59 Å². The van der Waals surface area contributed by atoms with Crippen LogP contribution in [-0.2, 0) is 11.2 Å². The largest absolute Gasteiger partial charge is 0.481 e. The Labute approximate surface area is 128 Å². The number of thiophene rings is 1. The molecule has 5 nitrogen and oxygen atoms in total. The van der Waals surface area contributed by atoms with E-state index in [2.05, 4.69) is 22.1 Å². The van der Waals surface area contributed by atoms with Crippen LogP contribution in [0.5, 0.6) is 0 Å². The second kappa shape index (κ2) is 7.45. The number of hydrogen-bond acceptors (Lipinski definition) is 3. The van der Waals surface area contributed by atoms with Crippen molar-refractivity contribution in [1.29, 1.82) is 0 Å².